The summed E-state index contributed by atoms with van der Waals surface area (Å²) in [5.41, 5.74) is 1.70. The van der Waals surface area contributed by atoms with Crippen LogP contribution >= 0.6 is 11.8 Å². The lowest BCUT2D eigenvalue weighted by molar-refractivity contribution is 1.40. The largest absolute Gasteiger partial charge is 0.281 e. The van der Waals surface area contributed by atoms with Crippen LogP contribution in [0.1, 0.15) is 11.1 Å². The molecule has 1 radical (unpaired) electrons. The van der Waals surface area contributed by atoms with Gasteiger partial charge in [-0.15, -0.1) is 0 Å². The number of aliphatic imine (C=N–C) groups is 1. The Morgan fingerprint density at radius 3 is 2.89 bits per heavy atom. The van der Waals surface area contributed by atoms with Gasteiger partial charge in [-0.2, -0.15) is 5.26 Å². The van der Waals surface area contributed by atoms with E-state index in [0.717, 1.165) is 15.5 Å². The predicted octanol–water partition coefficient (Wildman–Crippen LogP) is 3.53. The van der Waals surface area contributed by atoms with E-state index in [-0.39, 0.29) is 0 Å². The molecular formula is C15H11N2S. The second kappa shape index (κ2) is 6.04. The van der Waals surface area contributed by atoms with Crippen molar-refractivity contribution in [2.24, 2.45) is 4.99 Å². The monoisotopic (exact) mass is 251 g/mol. The third-order valence-corrected chi connectivity index (χ3v) is 3.44. The molecule has 0 atom stereocenters. The van der Waals surface area contributed by atoms with Crippen LogP contribution in [0.25, 0.3) is 0 Å². The molecule has 0 N–H and O–H groups in total. The Morgan fingerprint density at radius 1 is 1.33 bits per heavy atom. The molecule has 2 aromatic rings. The van der Waals surface area contributed by atoms with Gasteiger partial charge in [0.05, 0.1) is 11.6 Å². The third-order valence-electron chi connectivity index (χ3n) is 2.33. The summed E-state index contributed by atoms with van der Waals surface area (Å²) in [6.07, 6.45) is 0. The van der Waals surface area contributed by atoms with Gasteiger partial charge in [-0.05, 0) is 30.3 Å². The van der Waals surface area contributed by atoms with Crippen molar-refractivity contribution in [3.63, 3.8) is 0 Å². The average molecular weight is 251 g/mol. The summed E-state index contributed by atoms with van der Waals surface area (Å²) in [4.78, 5) is 5.30. The fraction of sp³-hybridized carbons (Fsp3) is 0.0667. The van der Waals surface area contributed by atoms with Crippen molar-refractivity contribution < 1.29 is 0 Å². The summed E-state index contributed by atoms with van der Waals surface area (Å²) in [6, 6.07) is 20.4. The second-order valence-corrected chi connectivity index (χ2v) is 4.62. The minimum absolute atomic E-state index is 0.662. The van der Waals surface area contributed by atoms with E-state index < -0.39 is 0 Å². The lowest BCUT2D eigenvalue weighted by Crippen LogP contribution is -1.94. The Kier molecular flexibility index (Phi) is 4.16. The quantitative estimate of drug-likeness (QED) is 0.465. The van der Waals surface area contributed by atoms with E-state index in [1.165, 1.54) is 0 Å². The molecule has 0 saturated heterocycles. The summed E-state index contributed by atoms with van der Waals surface area (Å²) in [7, 11) is 1.77. The molecule has 2 nitrogen and oxygen atoms in total. The minimum Gasteiger partial charge on any atom is -0.281 e. The summed E-state index contributed by atoms with van der Waals surface area (Å²) >= 11 is 1.55. The van der Waals surface area contributed by atoms with Gasteiger partial charge in [-0.1, -0.05) is 36.0 Å². The number of hydrogen-bond acceptors (Lipinski definition) is 3. The Morgan fingerprint density at radius 2 is 2.22 bits per heavy atom. The van der Waals surface area contributed by atoms with Gasteiger partial charge in [0.2, 0.25) is 0 Å². The van der Waals surface area contributed by atoms with Crippen LogP contribution in [0.4, 0.5) is 0 Å². The van der Waals surface area contributed by atoms with Crippen LogP contribution in [0.3, 0.4) is 0 Å². The van der Waals surface area contributed by atoms with Crippen LogP contribution < -0.4 is 0 Å². The zero-order chi connectivity index (χ0) is 12.8. The maximum absolute atomic E-state index is 8.88. The fourth-order valence-corrected chi connectivity index (χ4v) is 2.39. The molecule has 0 aliphatic heterocycles. The maximum Gasteiger partial charge on any atom is 0.102 e. The first kappa shape index (κ1) is 12.4. The lowest BCUT2D eigenvalue weighted by Gasteiger charge is -2.05. The Labute approximate surface area is 111 Å². The maximum atomic E-state index is 8.88. The van der Waals surface area contributed by atoms with Crippen molar-refractivity contribution in [2.75, 3.05) is 7.05 Å². The third kappa shape index (κ3) is 2.99. The van der Waals surface area contributed by atoms with E-state index in [9.17, 15) is 0 Å². The van der Waals surface area contributed by atoms with E-state index in [4.69, 9.17) is 5.26 Å². The van der Waals surface area contributed by atoms with Crippen molar-refractivity contribution >= 4 is 16.8 Å². The first-order valence-corrected chi connectivity index (χ1v) is 6.26. The highest BCUT2D eigenvalue weighted by atomic mass is 32.2. The van der Waals surface area contributed by atoms with Gasteiger partial charge in [0.15, 0.2) is 0 Å². The molecule has 0 heterocycles. The standard InChI is InChI=1S/C15H11N2S/c1-17-15(13-7-3-2-4-8-13)18-14-9-5-6-12(10-14)11-16/h2-3,5-10H,1H3. The lowest BCUT2D eigenvalue weighted by atomic mass is 10.2. The molecule has 2 rings (SSSR count). The summed E-state index contributed by atoms with van der Waals surface area (Å²) in [5, 5.41) is 9.79. The van der Waals surface area contributed by atoms with Gasteiger partial charge >= 0.3 is 0 Å². The molecule has 0 unspecified atom stereocenters. The van der Waals surface area contributed by atoms with E-state index in [2.05, 4.69) is 17.1 Å². The van der Waals surface area contributed by atoms with Gasteiger partial charge in [0, 0.05) is 17.5 Å². The van der Waals surface area contributed by atoms with Crippen molar-refractivity contribution in [3.8, 4) is 6.07 Å². The summed E-state index contributed by atoms with van der Waals surface area (Å²) < 4.78 is 0. The molecular weight excluding hydrogens is 240 g/mol. The normalized spacial score (nSPS) is 11.0. The van der Waals surface area contributed by atoms with Crippen LogP contribution in [-0.2, 0) is 0 Å². The highest BCUT2D eigenvalue weighted by Crippen LogP contribution is 2.24. The molecule has 0 aliphatic carbocycles. The smallest absolute Gasteiger partial charge is 0.102 e. The van der Waals surface area contributed by atoms with Crippen molar-refractivity contribution in [2.45, 2.75) is 4.90 Å². The molecule has 87 valence electrons. The van der Waals surface area contributed by atoms with Crippen LogP contribution in [0.5, 0.6) is 0 Å². The number of nitriles is 1. The fourth-order valence-electron chi connectivity index (χ4n) is 1.50. The van der Waals surface area contributed by atoms with Crippen LogP contribution in [0, 0.1) is 17.4 Å². The SMILES string of the molecule is CN=C(Sc1cccc(C#N)c1)c1c[c]ccc1. The first-order chi connectivity index (χ1) is 8.83. The minimum atomic E-state index is 0.662. The topological polar surface area (TPSA) is 36.1 Å². The molecule has 2 aromatic carbocycles. The van der Waals surface area contributed by atoms with Crippen molar-refractivity contribution in [1.29, 1.82) is 5.26 Å². The van der Waals surface area contributed by atoms with Gasteiger partial charge < -0.3 is 0 Å². The Bertz CT molecular complexity index is 597. The number of rotatable bonds is 2. The molecule has 0 saturated carbocycles. The number of thioether (sulfide) groups is 1. The first-order valence-electron chi connectivity index (χ1n) is 5.45. The van der Waals surface area contributed by atoms with E-state index in [1.54, 1.807) is 24.9 Å². The average Bonchev–Trinajstić information content (AvgIpc) is 2.46. The number of benzene rings is 2. The van der Waals surface area contributed by atoms with Crippen molar-refractivity contribution in [1.82, 2.24) is 0 Å². The molecule has 0 amide bonds. The highest BCUT2D eigenvalue weighted by molar-refractivity contribution is 8.14. The van der Waals surface area contributed by atoms with Gasteiger partial charge in [0.1, 0.15) is 5.04 Å². The zero-order valence-corrected chi connectivity index (χ0v) is 10.7. The Balaban J connectivity index is 2.25. The Hall–Kier alpha value is -2.05. The van der Waals surface area contributed by atoms with Crippen LogP contribution in [0.15, 0.2) is 58.4 Å². The van der Waals surface area contributed by atoms with Gasteiger partial charge in [0.25, 0.3) is 0 Å². The molecule has 3 heteroatoms. The molecule has 0 bridgehead atoms. The predicted molar refractivity (Wildman–Crippen MR) is 74.8 cm³/mol. The molecule has 0 spiro atoms. The summed E-state index contributed by atoms with van der Waals surface area (Å²) in [5.74, 6) is 0. The van der Waals surface area contributed by atoms with Gasteiger partial charge in [-0.25, -0.2) is 0 Å². The van der Waals surface area contributed by atoms with E-state index in [1.807, 2.05) is 42.5 Å². The van der Waals surface area contributed by atoms with Crippen LogP contribution in [0.2, 0.25) is 0 Å². The van der Waals surface area contributed by atoms with E-state index >= 15 is 0 Å². The second-order valence-electron chi connectivity index (χ2n) is 3.56. The molecule has 18 heavy (non-hydrogen) atoms. The van der Waals surface area contributed by atoms with Crippen LogP contribution in [-0.4, -0.2) is 12.1 Å². The summed E-state index contributed by atoms with van der Waals surface area (Å²) in [6.45, 7) is 0. The number of nitrogens with zero attached hydrogens (tertiary/aromatic N) is 2. The number of hydrogen-bond donors (Lipinski definition) is 0. The zero-order valence-electron chi connectivity index (χ0n) is 9.92. The van der Waals surface area contributed by atoms with Gasteiger partial charge in [-0.3, -0.25) is 4.99 Å². The molecule has 0 fully saturated rings. The van der Waals surface area contributed by atoms with Crippen molar-refractivity contribution in [3.05, 3.63) is 65.7 Å². The molecule has 0 aliphatic rings. The molecule has 0 aromatic heterocycles. The van der Waals surface area contributed by atoms with E-state index in [0.29, 0.717) is 5.56 Å². The highest BCUT2D eigenvalue weighted by Gasteiger charge is 2.05.